The van der Waals surface area contributed by atoms with E-state index >= 15 is 0 Å². The van der Waals surface area contributed by atoms with E-state index in [4.69, 9.17) is 10.4 Å². The Morgan fingerprint density at radius 1 is 1.29 bits per heavy atom. The molecule has 0 fully saturated rings. The molecule has 21 heavy (non-hydrogen) atoms. The maximum absolute atomic E-state index is 12.0. The lowest BCUT2D eigenvalue weighted by Gasteiger charge is -2.08. The number of aryl methyl sites for hydroxylation is 1. The van der Waals surface area contributed by atoms with Crippen LogP contribution in [0.1, 0.15) is 32.0 Å². The van der Waals surface area contributed by atoms with Crippen molar-refractivity contribution in [3.63, 3.8) is 0 Å². The number of carbonyl (C=O) groups is 2. The van der Waals surface area contributed by atoms with E-state index in [1.54, 1.807) is 6.92 Å². The number of anilines is 1. The minimum absolute atomic E-state index is 0.155. The van der Waals surface area contributed by atoms with E-state index in [1.165, 1.54) is 36.5 Å². The highest BCUT2D eigenvalue weighted by Crippen LogP contribution is 2.17. The molecule has 0 unspecified atom stereocenters. The third-order valence-electron chi connectivity index (χ3n) is 2.85. The van der Waals surface area contributed by atoms with Gasteiger partial charge in [0.1, 0.15) is 11.8 Å². The Hall–Kier alpha value is -3.20. The number of carbonyl (C=O) groups excluding carboxylic acids is 1. The second-order valence-corrected chi connectivity index (χ2v) is 4.33. The number of nitriles is 1. The first kappa shape index (κ1) is 14.2. The molecule has 6 heteroatoms. The molecule has 0 saturated carbocycles. The Kier molecular flexibility index (Phi) is 3.95. The van der Waals surface area contributed by atoms with Crippen molar-refractivity contribution in [1.82, 2.24) is 4.98 Å². The van der Waals surface area contributed by atoms with Crippen molar-refractivity contribution in [2.75, 3.05) is 5.32 Å². The summed E-state index contributed by atoms with van der Waals surface area (Å²) in [6, 6.07) is 9.29. The van der Waals surface area contributed by atoms with Crippen molar-refractivity contribution < 1.29 is 14.7 Å². The highest BCUT2D eigenvalue weighted by Gasteiger charge is 2.11. The molecule has 0 spiro atoms. The van der Waals surface area contributed by atoms with Gasteiger partial charge in [0.15, 0.2) is 0 Å². The number of amides is 1. The fourth-order valence-corrected chi connectivity index (χ4v) is 1.72. The first-order chi connectivity index (χ1) is 10.0. The van der Waals surface area contributed by atoms with Gasteiger partial charge in [0, 0.05) is 11.9 Å². The molecular formula is C15H11N3O3. The summed E-state index contributed by atoms with van der Waals surface area (Å²) < 4.78 is 0. The number of carboxylic acids is 1. The largest absolute Gasteiger partial charge is 0.478 e. The molecule has 0 aliphatic heterocycles. The number of nitrogens with zero attached hydrogens (tertiary/aromatic N) is 2. The summed E-state index contributed by atoms with van der Waals surface area (Å²) in [6.45, 7) is 1.70. The van der Waals surface area contributed by atoms with Crippen LogP contribution in [0, 0.1) is 18.3 Å². The van der Waals surface area contributed by atoms with E-state index in [9.17, 15) is 9.59 Å². The average Bonchev–Trinajstić information content (AvgIpc) is 2.49. The summed E-state index contributed by atoms with van der Waals surface area (Å²) in [5.41, 5.74) is 1.85. The second-order valence-electron chi connectivity index (χ2n) is 4.33. The fraction of sp³-hybridized carbons (Fsp3) is 0.0667. The lowest BCUT2D eigenvalue weighted by Crippen LogP contribution is -2.14. The number of hydrogen-bond acceptors (Lipinski definition) is 4. The van der Waals surface area contributed by atoms with Gasteiger partial charge in [-0.05, 0) is 42.8 Å². The van der Waals surface area contributed by atoms with Crippen LogP contribution in [0.3, 0.4) is 0 Å². The average molecular weight is 281 g/mol. The zero-order chi connectivity index (χ0) is 15.4. The Morgan fingerprint density at radius 2 is 2.05 bits per heavy atom. The van der Waals surface area contributed by atoms with Gasteiger partial charge in [-0.2, -0.15) is 5.26 Å². The number of hydrogen-bond donors (Lipinski definition) is 2. The summed E-state index contributed by atoms with van der Waals surface area (Å²) in [4.78, 5) is 26.7. The van der Waals surface area contributed by atoms with Crippen molar-refractivity contribution >= 4 is 17.6 Å². The van der Waals surface area contributed by atoms with Crippen LogP contribution in [-0.2, 0) is 0 Å². The normalized spacial score (nSPS) is 9.71. The molecule has 2 N–H and O–H groups in total. The van der Waals surface area contributed by atoms with Gasteiger partial charge in [0.25, 0.3) is 5.91 Å². The number of aromatic carboxylic acids is 1. The number of pyridine rings is 1. The number of carboxylic acid groups (broad SMARTS) is 1. The highest BCUT2D eigenvalue weighted by atomic mass is 16.4. The summed E-state index contributed by atoms with van der Waals surface area (Å²) in [5, 5.41) is 20.2. The standard InChI is InChI=1S/C15H11N3O3/c1-9-6-11(15(20)21)3-5-12(9)18-14(19)13-4-2-10(7-16)8-17-13/h2-6,8H,1H3,(H,18,19)(H,20,21). The van der Waals surface area contributed by atoms with Crippen molar-refractivity contribution in [1.29, 1.82) is 5.26 Å². The zero-order valence-electron chi connectivity index (χ0n) is 11.1. The first-order valence-corrected chi connectivity index (χ1v) is 6.02. The summed E-state index contributed by atoms with van der Waals surface area (Å²) in [7, 11) is 0. The topological polar surface area (TPSA) is 103 Å². The van der Waals surface area contributed by atoms with E-state index < -0.39 is 11.9 Å². The Labute approximate surface area is 120 Å². The smallest absolute Gasteiger partial charge is 0.335 e. The van der Waals surface area contributed by atoms with Crippen molar-refractivity contribution in [2.45, 2.75) is 6.92 Å². The van der Waals surface area contributed by atoms with Crippen molar-refractivity contribution in [3.8, 4) is 6.07 Å². The monoisotopic (exact) mass is 281 g/mol. The van der Waals surface area contributed by atoms with Crippen LogP contribution in [0.2, 0.25) is 0 Å². The molecule has 0 aliphatic carbocycles. The van der Waals surface area contributed by atoms with Gasteiger partial charge in [-0.3, -0.25) is 4.79 Å². The molecule has 0 radical (unpaired) electrons. The van der Waals surface area contributed by atoms with Gasteiger partial charge in [0.05, 0.1) is 11.1 Å². The number of rotatable bonds is 3. The van der Waals surface area contributed by atoms with Crippen LogP contribution in [0.5, 0.6) is 0 Å². The molecule has 2 rings (SSSR count). The fourth-order valence-electron chi connectivity index (χ4n) is 1.72. The highest BCUT2D eigenvalue weighted by molar-refractivity contribution is 6.03. The van der Waals surface area contributed by atoms with Crippen LogP contribution in [0.4, 0.5) is 5.69 Å². The van der Waals surface area contributed by atoms with E-state index in [0.717, 1.165) is 0 Å². The maximum Gasteiger partial charge on any atom is 0.335 e. The summed E-state index contributed by atoms with van der Waals surface area (Å²) in [5.74, 6) is -1.45. The molecule has 104 valence electrons. The molecule has 2 aromatic rings. The van der Waals surface area contributed by atoms with Crippen LogP contribution in [0.25, 0.3) is 0 Å². The molecule has 6 nitrogen and oxygen atoms in total. The number of nitrogens with one attached hydrogen (secondary N) is 1. The van der Waals surface area contributed by atoms with Gasteiger partial charge in [0.2, 0.25) is 0 Å². The lowest BCUT2D eigenvalue weighted by molar-refractivity contribution is 0.0696. The third kappa shape index (κ3) is 3.22. The second kappa shape index (κ2) is 5.84. The lowest BCUT2D eigenvalue weighted by atomic mass is 10.1. The SMILES string of the molecule is Cc1cc(C(=O)O)ccc1NC(=O)c1ccc(C#N)cn1. The predicted molar refractivity (Wildman–Crippen MR) is 75.0 cm³/mol. The molecule has 0 aliphatic rings. The molecular weight excluding hydrogens is 270 g/mol. The molecule has 1 amide bonds. The van der Waals surface area contributed by atoms with Gasteiger partial charge >= 0.3 is 5.97 Å². The molecule has 0 bridgehead atoms. The third-order valence-corrected chi connectivity index (χ3v) is 2.85. The molecule has 0 atom stereocenters. The van der Waals surface area contributed by atoms with Gasteiger partial charge in [-0.1, -0.05) is 0 Å². The van der Waals surface area contributed by atoms with Gasteiger partial charge in [-0.15, -0.1) is 0 Å². The van der Waals surface area contributed by atoms with Crippen LogP contribution in [0.15, 0.2) is 36.5 Å². The summed E-state index contributed by atoms with van der Waals surface area (Å²) >= 11 is 0. The molecule has 1 heterocycles. The number of benzene rings is 1. The van der Waals surface area contributed by atoms with Crippen molar-refractivity contribution in [2.24, 2.45) is 0 Å². The first-order valence-electron chi connectivity index (χ1n) is 6.02. The maximum atomic E-state index is 12.0. The minimum Gasteiger partial charge on any atom is -0.478 e. The predicted octanol–water partition coefficient (Wildman–Crippen LogP) is 2.21. The summed E-state index contributed by atoms with van der Waals surface area (Å²) in [6.07, 6.45) is 1.31. The quantitative estimate of drug-likeness (QED) is 0.897. The van der Waals surface area contributed by atoms with E-state index in [0.29, 0.717) is 16.8 Å². The van der Waals surface area contributed by atoms with Crippen molar-refractivity contribution in [3.05, 3.63) is 58.9 Å². The van der Waals surface area contributed by atoms with E-state index in [-0.39, 0.29) is 11.3 Å². The van der Waals surface area contributed by atoms with Crippen LogP contribution in [-0.4, -0.2) is 22.0 Å². The zero-order valence-corrected chi connectivity index (χ0v) is 11.1. The van der Waals surface area contributed by atoms with E-state index in [2.05, 4.69) is 10.3 Å². The molecule has 1 aromatic heterocycles. The van der Waals surface area contributed by atoms with Crippen LogP contribution < -0.4 is 5.32 Å². The van der Waals surface area contributed by atoms with Gasteiger partial charge in [-0.25, -0.2) is 9.78 Å². The Morgan fingerprint density at radius 3 is 2.57 bits per heavy atom. The minimum atomic E-state index is -1.02. The number of aromatic nitrogens is 1. The van der Waals surface area contributed by atoms with E-state index in [1.807, 2.05) is 6.07 Å². The van der Waals surface area contributed by atoms with Crippen LogP contribution >= 0.6 is 0 Å². The molecule has 0 saturated heterocycles. The van der Waals surface area contributed by atoms with Gasteiger partial charge < -0.3 is 10.4 Å². The Bertz CT molecular complexity index is 746. The Balaban J connectivity index is 2.19. The molecule has 1 aromatic carbocycles.